The summed E-state index contributed by atoms with van der Waals surface area (Å²) >= 11 is 3.44. The third-order valence-corrected chi connectivity index (χ3v) is 4.84. The largest absolute Gasteiger partial charge is 0.339 e. The van der Waals surface area contributed by atoms with E-state index in [2.05, 4.69) is 15.9 Å². The number of hydrogen-bond acceptors (Lipinski definition) is 1. The first-order chi connectivity index (χ1) is 8.53. The van der Waals surface area contributed by atoms with Gasteiger partial charge in [-0.25, -0.2) is 8.78 Å². The highest BCUT2D eigenvalue weighted by Crippen LogP contribution is 2.40. The third kappa shape index (κ3) is 3.22. The fraction of sp³-hybridized carbons (Fsp3) is 0.923. The lowest BCUT2D eigenvalue weighted by Crippen LogP contribution is -2.44. The van der Waals surface area contributed by atoms with Gasteiger partial charge in [-0.2, -0.15) is 0 Å². The molecule has 0 aromatic heterocycles. The zero-order valence-corrected chi connectivity index (χ0v) is 12.1. The molecule has 2 aliphatic rings. The van der Waals surface area contributed by atoms with Crippen LogP contribution in [0.3, 0.4) is 0 Å². The van der Waals surface area contributed by atoms with E-state index in [0.29, 0.717) is 6.42 Å². The van der Waals surface area contributed by atoms with Crippen molar-refractivity contribution in [3.05, 3.63) is 0 Å². The molecular weight excluding hydrogens is 304 g/mol. The smallest absolute Gasteiger partial charge is 0.248 e. The summed E-state index contributed by atoms with van der Waals surface area (Å²) in [5.41, 5.74) is 0. The molecule has 1 saturated heterocycles. The van der Waals surface area contributed by atoms with Crippen LogP contribution in [0.15, 0.2) is 0 Å². The van der Waals surface area contributed by atoms with Crippen LogP contribution < -0.4 is 0 Å². The Morgan fingerprint density at radius 1 is 1.28 bits per heavy atom. The van der Waals surface area contributed by atoms with Gasteiger partial charge in [0, 0.05) is 36.7 Å². The van der Waals surface area contributed by atoms with Crippen molar-refractivity contribution in [1.29, 1.82) is 0 Å². The second-order valence-electron chi connectivity index (χ2n) is 5.48. The molecular formula is C13H20BrF2NO. The van der Waals surface area contributed by atoms with Crippen LogP contribution in [0.2, 0.25) is 0 Å². The molecule has 0 aromatic carbocycles. The number of nitrogens with zero attached hydrogens (tertiary/aromatic N) is 1. The molecule has 104 valence electrons. The van der Waals surface area contributed by atoms with E-state index in [4.69, 9.17) is 0 Å². The van der Waals surface area contributed by atoms with Crippen molar-refractivity contribution in [3.63, 3.8) is 0 Å². The molecule has 0 bridgehead atoms. The van der Waals surface area contributed by atoms with E-state index in [-0.39, 0.29) is 24.8 Å². The lowest BCUT2D eigenvalue weighted by atomic mass is 10.0. The van der Waals surface area contributed by atoms with E-state index in [1.54, 1.807) is 0 Å². The van der Waals surface area contributed by atoms with Crippen LogP contribution in [0.1, 0.15) is 44.9 Å². The lowest BCUT2D eigenvalue weighted by molar-refractivity contribution is -0.138. The number of amides is 1. The van der Waals surface area contributed by atoms with Gasteiger partial charge in [0.05, 0.1) is 0 Å². The molecule has 2 unspecified atom stereocenters. The SMILES string of the molecule is O=C(C1CCC(F)(F)C1)N1CCCCCC1CBr. The zero-order valence-electron chi connectivity index (χ0n) is 10.5. The normalized spacial score (nSPS) is 32.3. The average molecular weight is 324 g/mol. The number of alkyl halides is 3. The highest BCUT2D eigenvalue weighted by atomic mass is 79.9. The summed E-state index contributed by atoms with van der Waals surface area (Å²) in [6.07, 6.45) is 4.21. The highest BCUT2D eigenvalue weighted by molar-refractivity contribution is 9.09. The Labute approximate surface area is 115 Å². The summed E-state index contributed by atoms with van der Waals surface area (Å²) in [5.74, 6) is -3.13. The molecule has 0 spiro atoms. The van der Waals surface area contributed by atoms with Crippen molar-refractivity contribution in [2.24, 2.45) is 5.92 Å². The topological polar surface area (TPSA) is 20.3 Å². The predicted octanol–water partition coefficient (Wildman–Crippen LogP) is 3.59. The number of rotatable bonds is 2. The molecule has 0 aromatic rings. The molecule has 2 fully saturated rings. The van der Waals surface area contributed by atoms with Crippen LogP contribution in [0, 0.1) is 5.92 Å². The number of hydrogen-bond donors (Lipinski definition) is 0. The van der Waals surface area contributed by atoms with Crippen molar-refractivity contribution in [1.82, 2.24) is 4.90 Å². The summed E-state index contributed by atoms with van der Waals surface area (Å²) in [6.45, 7) is 0.733. The first-order valence-electron chi connectivity index (χ1n) is 6.78. The molecule has 1 aliphatic heterocycles. The third-order valence-electron chi connectivity index (χ3n) is 4.09. The summed E-state index contributed by atoms with van der Waals surface area (Å²) in [5, 5.41) is 0.752. The summed E-state index contributed by atoms with van der Waals surface area (Å²) in [4.78, 5) is 14.2. The Balaban J connectivity index is 2.02. The van der Waals surface area contributed by atoms with E-state index in [9.17, 15) is 13.6 Å². The maximum atomic E-state index is 13.2. The van der Waals surface area contributed by atoms with E-state index < -0.39 is 11.8 Å². The molecule has 18 heavy (non-hydrogen) atoms. The van der Waals surface area contributed by atoms with Crippen LogP contribution in [0.25, 0.3) is 0 Å². The molecule has 1 saturated carbocycles. The van der Waals surface area contributed by atoms with Gasteiger partial charge in [-0.1, -0.05) is 28.8 Å². The van der Waals surface area contributed by atoms with Gasteiger partial charge in [0.25, 0.3) is 0 Å². The van der Waals surface area contributed by atoms with Crippen LogP contribution in [-0.2, 0) is 4.79 Å². The van der Waals surface area contributed by atoms with Gasteiger partial charge in [0.1, 0.15) is 0 Å². The van der Waals surface area contributed by atoms with Crippen molar-refractivity contribution in [2.45, 2.75) is 56.9 Å². The molecule has 2 atom stereocenters. The van der Waals surface area contributed by atoms with Crippen molar-refractivity contribution in [2.75, 3.05) is 11.9 Å². The maximum absolute atomic E-state index is 13.2. The number of carbonyl (C=O) groups is 1. The van der Waals surface area contributed by atoms with Crippen LogP contribution >= 0.6 is 15.9 Å². The number of likely N-dealkylation sites (tertiary alicyclic amines) is 1. The predicted molar refractivity (Wildman–Crippen MR) is 70.1 cm³/mol. The Kier molecular flexibility index (Phi) is 4.62. The van der Waals surface area contributed by atoms with Gasteiger partial charge in [0.2, 0.25) is 11.8 Å². The van der Waals surface area contributed by atoms with Crippen LogP contribution in [-0.4, -0.2) is 34.6 Å². The molecule has 1 aliphatic carbocycles. The molecule has 5 heteroatoms. The zero-order chi connectivity index (χ0) is 13.2. The minimum absolute atomic E-state index is 0.0430. The quantitative estimate of drug-likeness (QED) is 0.711. The van der Waals surface area contributed by atoms with Gasteiger partial charge in [-0.05, 0) is 19.3 Å². The molecule has 2 rings (SSSR count). The molecule has 1 heterocycles. The Morgan fingerprint density at radius 2 is 2.06 bits per heavy atom. The summed E-state index contributed by atoms with van der Waals surface area (Å²) < 4.78 is 26.4. The Morgan fingerprint density at radius 3 is 2.67 bits per heavy atom. The second kappa shape index (κ2) is 5.85. The minimum Gasteiger partial charge on any atom is -0.339 e. The van der Waals surface area contributed by atoms with Crippen molar-refractivity contribution < 1.29 is 13.6 Å². The monoisotopic (exact) mass is 323 g/mol. The fourth-order valence-corrected chi connectivity index (χ4v) is 3.70. The standard InChI is InChI=1S/C13H20BrF2NO/c14-9-11-4-2-1-3-7-17(11)12(18)10-5-6-13(15,16)8-10/h10-11H,1-9H2. The Bertz CT molecular complexity index is 311. The number of carbonyl (C=O) groups excluding carboxylic acids is 1. The fourth-order valence-electron chi connectivity index (χ4n) is 3.02. The van der Waals surface area contributed by atoms with Gasteiger partial charge in [0.15, 0.2) is 0 Å². The highest BCUT2D eigenvalue weighted by Gasteiger charge is 2.44. The molecule has 0 N–H and O–H groups in total. The maximum Gasteiger partial charge on any atom is 0.248 e. The second-order valence-corrected chi connectivity index (χ2v) is 6.13. The molecule has 2 nitrogen and oxygen atoms in total. The van der Waals surface area contributed by atoms with E-state index in [1.165, 1.54) is 0 Å². The molecule has 0 radical (unpaired) electrons. The van der Waals surface area contributed by atoms with Crippen molar-refractivity contribution >= 4 is 21.8 Å². The molecule has 1 amide bonds. The first-order valence-corrected chi connectivity index (χ1v) is 7.90. The average Bonchev–Trinajstić information content (AvgIpc) is 2.57. The van der Waals surface area contributed by atoms with Gasteiger partial charge < -0.3 is 4.90 Å². The number of halogens is 3. The summed E-state index contributed by atoms with van der Waals surface area (Å²) in [7, 11) is 0. The van der Waals surface area contributed by atoms with Crippen LogP contribution in [0.5, 0.6) is 0 Å². The van der Waals surface area contributed by atoms with Gasteiger partial charge >= 0.3 is 0 Å². The van der Waals surface area contributed by atoms with E-state index in [1.807, 2.05) is 4.90 Å². The lowest BCUT2D eigenvalue weighted by Gasteiger charge is -2.31. The summed E-state index contributed by atoms with van der Waals surface area (Å²) in [6, 6.07) is 0.189. The van der Waals surface area contributed by atoms with Crippen molar-refractivity contribution in [3.8, 4) is 0 Å². The van der Waals surface area contributed by atoms with E-state index >= 15 is 0 Å². The van der Waals surface area contributed by atoms with E-state index in [0.717, 1.165) is 37.6 Å². The van der Waals surface area contributed by atoms with Crippen LogP contribution in [0.4, 0.5) is 8.78 Å². The first kappa shape index (κ1) is 14.2. The minimum atomic E-state index is -2.63. The van der Waals surface area contributed by atoms with Gasteiger partial charge in [-0.3, -0.25) is 4.79 Å². The Hall–Kier alpha value is -0.190. The van der Waals surface area contributed by atoms with Gasteiger partial charge in [-0.15, -0.1) is 0 Å².